The lowest BCUT2D eigenvalue weighted by molar-refractivity contribution is -0.114. The van der Waals surface area contributed by atoms with Crippen LogP contribution in [0.4, 0.5) is 5.69 Å². The number of rotatable bonds is 4. The monoisotopic (exact) mass is 235 g/mol. The number of amides is 1. The highest BCUT2D eigenvalue weighted by Gasteiger charge is 2.15. The molecule has 17 heavy (non-hydrogen) atoms. The molecular formula is C13H17NO3. The van der Waals surface area contributed by atoms with Crippen molar-refractivity contribution in [2.75, 3.05) is 18.5 Å². The van der Waals surface area contributed by atoms with Gasteiger partial charge in [-0.1, -0.05) is 0 Å². The van der Waals surface area contributed by atoms with Crippen LogP contribution in [0, 0.1) is 0 Å². The van der Waals surface area contributed by atoms with Crippen LogP contribution < -0.4 is 10.1 Å². The fraction of sp³-hybridized carbons (Fsp3) is 0.462. The zero-order valence-corrected chi connectivity index (χ0v) is 9.94. The molecule has 1 heterocycles. The minimum atomic E-state index is -0.0713. The van der Waals surface area contributed by atoms with E-state index >= 15 is 0 Å². The zero-order valence-electron chi connectivity index (χ0n) is 9.94. The summed E-state index contributed by atoms with van der Waals surface area (Å²) in [7, 11) is 0. The lowest BCUT2D eigenvalue weighted by Crippen LogP contribution is -2.16. The van der Waals surface area contributed by atoms with Crippen molar-refractivity contribution in [3.05, 3.63) is 24.3 Å². The second-order valence-electron chi connectivity index (χ2n) is 4.15. The minimum absolute atomic E-state index is 0.0713. The Hall–Kier alpha value is -1.55. The van der Waals surface area contributed by atoms with Crippen LogP contribution in [0.15, 0.2) is 24.3 Å². The molecule has 1 aliphatic rings. The van der Waals surface area contributed by atoms with Crippen LogP contribution >= 0.6 is 0 Å². The molecule has 0 saturated carbocycles. The molecule has 92 valence electrons. The molecule has 0 unspecified atom stereocenters. The fourth-order valence-corrected chi connectivity index (χ4v) is 1.80. The van der Waals surface area contributed by atoms with Crippen molar-refractivity contribution in [3.63, 3.8) is 0 Å². The first kappa shape index (κ1) is 11.9. The molecule has 1 aliphatic heterocycles. The van der Waals surface area contributed by atoms with Crippen molar-refractivity contribution in [3.8, 4) is 5.75 Å². The second kappa shape index (κ2) is 5.68. The first-order valence-corrected chi connectivity index (χ1v) is 5.86. The molecule has 0 aliphatic carbocycles. The van der Waals surface area contributed by atoms with E-state index in [1.54, 1.807) is 0 Å². The van der Waals surface area contributed by atoms with Gasteiger partial charge in [-0.15, -0.1) is 0 Å². The molecule has 0 aromatic heterocycles. The quantitative estimate of drug-likeness (QED) is 0.870. The van der Waals surface area contributed by atoms with Crippen molar-refractivity contribution >= 4 is 11.6 Å². The van der Waals surface area contributed by atoms with Gasteiger partial charge in [0.25, 0.3) is 0 Å². The normalized spacial score (nSPS) is 19.0. The van der Waals surface area contributed by atoms with E-state index in [0.29, 0.717) is 6.61 Å². The standard InChI is InChI=1S/C13H17NO3/c1-10(15)14-11-4-6-12(7-5-11)17-9-13-3-2-8-16-13/h4-7,13H,2-3,8-9H2,1H3,(H,14,15)/t13-/m1/s1. The summed E-state index contributed by atoms with van der Waals surface area (Å²) < 4.78 is 11.1. The van der Waals surface area contributed by atoms with E-state index in [9.17, 15) is 4.79 Å². The number of anilines is 1. The molecule has 1 aromatic carbocycles. The highest BCUT2D eigenvalue weighted by atomic mass is 16.5. The molecular weight excluding hydrogens is 218 g/mol. The molecule has 4 nitrogen and oxygen atoms in total. The van der Waals surface area contributed by atoms with Gasteiger partial charge >= 0.3 is 0 Å². The summed E-state index contributed by atoms with van der Waals surface area (Å²) in [5.41, 5.74) is 0.780. The maximum atomic E-state index is 10.8. The Morgan fingerprint density at radius 2 is 2.24 bits per heavy atom. The van der Waals surface area contributed by atoms with Crippen LogP contribution in [0.1, 0.15) is 19.8 Å². The molecule has 4 heteroatoms. The van der Waals surface area contributed by atoms with E-state index in [-0.39, 0.29) is 12.0 Å². The number of hydrogen-bond donors (Lipinski definition) is 1. The molecule has 2 rings (SSSR count). The van der Waals surface area contributed by atoms with Gasteiger partial charge in [-0.2, -0.15) is 0 Å². The average Bonchev–Trinajstić information content (AvgIpc) is 2.80. The summed E-state index contributed by atoms with van der Waals surface area (Å²) in [6.45, 7) is 2.93. The van der Waals surface area contributed by atoms with Gasteiger partial charge in [-0.3, -0.25) is 4.79 Å². The van der Waals surface area contributed by atoms with Gasteiger partial charge in [0.05, 0.1) is 6.10 Å². The first-order chi connectivity index (χ1) is 8.24. The smallest absolute Gasteiger partial charge is 0.221 e. The summed E-state index contributed by atoms with van der Waals surface area (Å²) in [5.74, 6) is 0.729. The number of carbonyl (C=O) groups excluding carboxylic acids is 1. The lowest BCUT2D eigenvalue weighted by atomic mass is 10.2. The summed E-state index contributed by atoms with van der Waals surface area (Å²) in [4.78, 5) is 10.8. The van der Waals surface area contributed by atoms with E-state index < -0.39 is 0 Å². The number of ether oxygens (including phenoxy) is 2. The van der Waals surface area contributed by atoms with Gasteiger partial charge in [0.2, 0.25) is 5.91 Å². The van der Waals surface area contributed by atoms with Crippen molar-refractivity contribution in [1.29, 1.82) is 0 Å². The Bertz CT molecular complexity index is 369. The third-order valence-electron chi connectivity index (χ3n) is 2.63. The summed E-state index contributed by atoms with van der Waals surface area (Å²) in [6.07, 6.45) is 2.42. The van der Waals surface area contributed by atoms with E-state index in [0.717, 1.165) is 30.9 Å². The molecule has 0 spiro atoms. The Labute approximate surface area is 101 Å². The molecule has 0 radical (unpaired) electrons. The molecule has 1 fully saturated rings. The van der Waals surface area contributed by atoms with Crippen LogP contribution in [-0.4, -0.2) is 25.2 Å². The predicted octanol–water partition coefficient (Wildman–Crippen LogP) is 2.20. The van der Waals surface area contributed by atoms with Gasteiger partial charge in [-0.05, 0) is 37.1 Å². The Balaban J connectivity index is 1.82. The van der Waals surface area contributed by atoms with Gasteiger partial charge in [0.15, 0.2) is 0 Å². The van der Waals surface area contributed by atoms with E-state index in [4.69, 9.17) is 9.47 Å². The molecule has 1 N–H and O–H groups in total. The molecule has 1 amide bonds. The summed E-state index contributed by atoms with van der Waals surface area (Å²) in [6, 6.07) is 7.35. The molecule has 0 bridgehead atoms. The Kier molecular flexibility index (Phi) is 3.98. The zero-order chi connectivity index (χ0) is 12.1. The Morgan fingerprint density at radius 1 is 1.47 bits per heavy atom. The van der Waals surface area contributed by atoms with E-state index in [1.807, 2.05) is 24.3 Å². The second-order valence-corrected chi connectivity index (χ2v) is 4.15. The topological polar surface area (TPSA) is 47.6 Å². The van der Waals surface area contributed by atoms with Crippen LogP contribution in [0.5, 0.6) is 5.75 Å². The van der Waals surface area contributed by atoms with Gasteiger partial charge < -0.3 is 14.8 Å². The average molecular weight is 235 g/mol. The van der Waals surface area contributed by atoms with Gasteiger partial charge in [0.1, 0.15) is 12.4 Å². The lowest BCUT2D eigenvalue weighted by Gasteiger charge is -2.11. The van der Waals surface area contributed by atoms with Gasteiger partial charge in [-0.25, -0.2) is 0 Å². The molecule has 1 atom stereocenters. The summed E-state index contributed by atoms with van der Waals surface area (Å²) >= 11 is 0. The van der Waals surface area contributed by atoms with Crippen LogP contribution in [0.25, 0.3) is 0 Å². The highest BCUT2D eigenvalue weighted by molar-refractivity contribution is 5.88. The number of benzene rings is 1. The maximum Gasteiger partial charge on any atom is 0.221 e. The van der Waals surface area contributed by atoms with E-state index in [1.165, 1.54) is 6.92 Å². The van der Waals surface area contributed by atoms with Crippen LogP contribution in [0.2, 0.25) is 0 Å². The maximum absolute atomic E-state index is 10.8. The van der Waals surface area contributed by atoms with Gasteiger partial charge in [0, 0.05) is 19.2 Å². The first-order valence-electron chi connectivity index (χ1n) is 5.86. The Morgan fingerprint density at radius 3 is 2.82 bits per heavy atom. The number of carbonyl (C=O) groups is 1. The van der Waals surface area contributed by atoms with Crippen LogP contribution in [-0.2, 0) is 9.53 Å². The highest BCUT2D eigenvalue weighted by Crippen LogP contribution is 2.18. The largest absolute Gasteiger partial charge is 0.491 e. The number of hydrogen-bond acceptors (Lipinski definition) is 3. The van der Waals surface area contributed by atoms with E-state index in [2.05, 4.69) is 5.32 Å². The predicted molar refractivity (Wildman–Crippen MR) is 65.2 cm³/mol. The minimum Gasteiger partial charge on any atom is -0.491 e. The third-order valence-corrected chi connectivity index (χ3v) is 2.63. The SMILES string of the molecule is CC(=O)Nc1ccc(OC[C@H]2CCCO2)cc1. The molecule has 1 saturated heterocycles. The molecule has 1 aromatic rings. The van der Waals surface area contributed by atoms with Crippen molar-refractivity contribution in [1.82, 2.24) is 0 Å². The third kappa shape index (κ3) is 3.75. The fourth-order valence-electron chi connectivity index (χ4n) is 1.80. The van der Waals surface area contributed by atoms with Crippen molar-refractivity contribution in [2.45, 2.75) is 25.9 Å². The van der Waals surface area contributed by atoms with Crippen molar-refractivity contribution in [2.24, 2.45) is 0 Å². The van der Waals surface area contributed by atoms with Crippen molar-refractivity contribution < 1.29 is 14.3 Å². The summed E-state index contributed by atoms with van der Waals surface area (Å²) in [5, 5.41) is 2.71. The number of nitrogens with one attached hydrogen (secondary N) is 1. The van der Waals surface area contributed by atoms with Crippen LogP contribution in [0.3, 0.4) is 0 Å².